The maximum Gasteiger partial charge on any atom is 0.251 e. The molecule has 0 radical (unpaired) electrons. The SMILES string of the molecule is Cc1ccc(N)cc1C(=O)NC1CC1. The molecular formula is C11H14N2O. The van der Waals surface area contributed by atoms with Crippen molar-refractivity contribution in [3.05, 3.63) is 29.3 Å². The van der Waals surface area contributed by atoms with E-state index >= 15 is 0 Å². The third-order valence-electron chi connectivity index (χ3n) is 2.42. The quantitative estimate of drug-likeness (QED) is 0.694. The number of carbonyl (C=O) groups is 1. The van der Waals surface area contributed by atoms with E-state index < -0.39 is 0 Å². The maximum absolute atomic E-state index is 11.7. The van der Waals surface area contributed by atoms with E-state index in [9.17, 15) is 4.79 Å². The fourth-order valence-corrected chi connectivity index (χ4v) is 1.38. The van der Waals surface area contributed by atoms with Crippen LogP contribution in [0.5, 0.6) is 0 Å². The second-order valence-electron chi connectivity index (χ2n) is 3.82. The number of hydrogen-bond acceptors (Lipinski definition) is 2. The molecule has 0 saturated heterocycles. The van der Waals surface area contributed by atoms with E-state index in [2.05, 4.69) is 5.32 Å². The molecular weight excluding hydrogens is 176 g/mol. The van der Waals surface area contributed by atoms with Gasteiger partial charge in [0.15, 0.2) is 0 Å². The van der Waals surface area contributed by atoms with Crippen LogP contribution in [-0.4, -0.2) is 11.9 Å². The van der Waals surface area contributed by atoms with Crippen LogP contribution in [0, 0.1) is 6.92 Å². The summed E-state index contributed by atoms with van der Waals surface area (Å²) >= 11 is 0. The standard InChI is InChI=1S/C11H14N2O/c1-7-2-3-8(12)6-10(7)11(14)13-9-4-5-9/h2-3,6,9H,4-5,12H2,1H3,(H,13,14). The molecule has 3 heteroatoms. The van der Waals surface area contributed by atoms with Gasteiger partial charge in [0.05, 0.1) is 0 Å². The van der Waals surface area contributed by atoms with E-state index in [-0.39, 0.29) is 5.91 Å². The molecule has 1 aromatic rings. The Balaban J connectivity index is 2.20. The first-order valence-corrected chi connectivity index (χ1v) is 4.84. The molecule has 0 aromatic heterocycles. The summed E-state index contributed by atoms with van der Waals surface area (Å²) in [4.78, 5) is 11.7. The van der Waals surface area contributed by atoms with Crippen molar-refractivity contribution in [2.75, 3.05) is 5.73 Å². The Morgan fingerprint density at radius 2 is 2.21 bits per heavy atom. The number of nitrogens with one attached hydrogen (secondary N) is 1. The van der Waals surface area contributed by atoms with Crippen LogP contribution in [0.1, 0.15) is 28.8 Å². The lowest BCUT2D eigenvalue weighted by Gasteiger charge is -2.07. The van der Waals surface area contributed by atoms with E-state index in [1.54, 1.807) is 6.07 Å². The smallest absolute Gasteiger partial charge is 0.251 e. The minimum Gasteiger partial charge on any atom is -0.399 e. The molecule has 0 unspecified atom stereocenters. The highest BCUT2D eigenvalue weighted by Crippen LogP contribution is 2.20. The Kier molecular flexibility index (Phi) is 2.15. The van der Waals surface area contributed by atoms with Crippen molar-refractivity contribution in [1.29, 1.82) is 0 Å². The van der Waals surface area contributed by atoms with Crippen molar-refractivity contribution in [2.24, 2.45) is 0 Å². The van der Waals surface area contributed by atoms with Crippen molar-refractivity contribution in [3.8, 4) is 0 Å². The molecule has 0 aliphatic heterocycles. The number of amides is 1. The monoisotopic (exact) mass is 190 g/mol. The molecule has 74 valence electrons. The van der Waals surface area contributed by atoms with Gasteiger partial charge in [-0.05, 0) is 37.5 Å². The summed E-state index contributed by atoms with van der Waals surface area (Å²) in [5.41, 5.74) is 7.93. The number of hydrogen-bond donors (Lipinski definition) is 2. The topological polar surface area (TPSA) is 55.1 Å². The average Bonchev–Trinajstić information content (AvgIpc) is 2.93. The van der Waals surface area contributed by atoms with Crippen LogP contribution in [0.25, 0.3) is 0 Å². The molecule has 1 aliphatic carbocycles. The second-order valence-corrected chi connectivity index (χ2v) is 3.82. The van der Waals surface area contributed by atoms with Crippen molar-refractivity contribution < 1.29 is 4.79 Å². The second kappa shape index (κ2) is 3.33. The molecule has 0 spiro atoms. The summed E-state index contributed by atoms with van der Waals surface area (Å²) in [6.45, 7) is 1.92. The minimum atomic E-state index is -0.00250. The van der Waals surface area contributed by atoms with Crippen LogP contribution in [0.3, 0.4) is 0 Å². The Morgan fingerprint density at radius 3 is 2.86 bits per heavy atom. The van der Waals surface area contributed by atoms with Gasteiger partial charge in [-0.1, -0.05) is 6.07 Å². The zero-order valence-corrected chi connectivity index (χ0v) is 8.21. The number of nitrogens with two attached hydrogens (primary N) is 1. The predicted octanol–water partition coefficient (Wildman–Crippen LogP) is 1.47. The Morgan fingerprint density at radius 1 is 1.50 bits per heavy atom. The molecule has 14 heavy (non-hydrogen) atoms. The van der Waals surface area contributed by atoms with Crippen LogP contribution >= 0.6 is 0 Å². The third kappa shape index (κ3) is 1.87. The van der Waals surface area contributed by atoms with Crippen molar-refractivity contribution >= 4 is 11.6 Å². The zero-order valence-electron chi connectivity index (χ0n) is 8.21. The van der Waals surface area contributed by atoms with Crippen LogP contribution in [0.4, 0.5) is 5.69 Å². The maximum atomic E-state index is 11.7. The summed E-state index contributed by atoms with van der Waals surface area (Å²) in [5, 5.41) is 2.94. The van der Waals surface area contributed by atoms with Crippen molar-refractivity contribution in [2.45, 2.75) is 25.8 Å². The average molecular weight is 190 g/mol. The first-order chi connectivity index (χ1) is 6.66. The first-order valence-electron chi connectivity index (χ1n) is 4.84. The number of benzene rings is 1. The highest BCUT2D eigenvalue weighted by Gasteiger charge is 2.24. The predicted molar refractivity (Wildman–Crippen MR) is 56.1 cm³/mol. The summed E-state index contributed by atoms with van der Waals surface area (Å²) in [6, 6.07) is 5.80. The molecule has 1 aromatic carbocycles. The number of aryl methyl sites for hydroxylation is 1. The van der Waals surface area contributed by atoms with E-state index in [0.29, 0.717) is 17.3 Å². The highest BCUT2D eigenvalue weighted by molar-refractivity contribution is 5.96. The Bertz CT molecular complexity index is 370. The number of carbonyl (C=O) groups excluding carboxylic acids is 1. The molecule has 0 atom stereocenters. The van der Waals surface area contributed by atoms with E-state index in [4.69, 9.17) is 5.73 Å². The van der Waals surface area contributed by atoms with Gasteiger partial charge in [-0.2, -0.15) is 0 Å². The van der Waals surface area contributed by atoms with Gasteiger partial charge in [0.2, 0.25) is 0 Å². The fraction of sp³-hybridized carbons (Fsp3) is 0.364. The van der Waals surface area contributed by atoms with Gasteiger partial charge in [0.1, 0.15) is 0 Å². The molecule has 1 saturated carbocycles. The van der Waals surface area contributed by atoms with Crippen LogP contribution in [-0.2, 0) is 0 Å². The number of anilines is 1. The van der Waals surface area contributed by atoms with E-state index in [0.717, 1.165) is 18.4 Å². The lowest BCUT2D eigenvalue weighted by molar-refractivity contribution is 0.0950. The van der Waals surface area contributed by atoms with Gasteiger partial charge in [0.25, 0.3) is 5.91 Å². The van der Waals surface area contributed by atoms with Gasteiger partial charge in [0, 0.05) is 17.3 Å². The van der Waals surface area contributed by atoms with Gasteiger partial charge in [-0.3, -0.25) is 4.79 Å². The van der Waals surface area contributed by atoms with Gasteiger partial charge >= 0.3 is 0 Å². The lowest BCUT2D eigenvalue weighted by Crippen LogP contribution is -2.26. The van der Waals surface area contributed by atoms with E-state index in [1.807, 2.05) is 19.1 Å². The summed E-state index contributed by atoms with van der Waals surface area (Å²) < 4.78 is 0. The molecule has 0 heterocycles. The molecule has 0 bridgehead atoms. The number of rotatable bonds is 2. The van der Waals surface area contributed by atoms with Crippen molar-refractivity contribution in [1.82, 2.24) is 5.32 Å². The molecule has 1 amide bonds. The Labute approximate surface area is 83.3 Å². The summed E-state index contributed by atoms with van der Waals surface area (Å²) in [5.74, 6) is -0.00250. The highest BCUT2D eigenvalue weighted by atomic mass is 16.1. The lowest BCUT2D eigenvalue weighted by atomic mass is 10.1. The van der Waals surface area contributed by atoms with Crippen LogP contribution in [0.15, 0.2) is 18.2 Å². The summed E-state index contributed by atoms with van der Waals surface area (Å²) in [6.07, 6.45) is 2.21. The summed E-state index contributed by atoms with van der Waals surface area (Å²) in [7, 11) is 0. The van der Waals surface area contributed by atoms with Crippen LogP contribution < -0.4 is 11.1 Å². The molecule has 2 rings (SSSR count). The largest absolute Gasteiger partial charge is 0.399 e. The molecule has 3 nitrogen and oxygen atoms in total. The van der Waals surface area contributed by atoms with Gasteiger partial charge in [-0.15, -0.1) is 0 Å². The van der Waals surface area contributed by atoms with Gasteiger partial charge < -0.3 is 11.1 Å². The Hall–Kier alpha value is -1.51. The van der Waals surface area contributed by atoms with Crippen molar-refractivity contribution in [3.63, 3.8) is 0 Å². The molecule has 1 aliphatic rings. The molecule has 3 N–H and O–H groups in total. The van der Waals surface area contributed by atoms with Gasteiger partial charge in [-0.25, -0.2) is 0 Å². The zero-order chi connectivity index (χ0) is 10.1. The van der Waals surface area contributed by atoms with Crippen LogP contribution in [0.2, 0.25) is 0 Å². The minimum absolute atomic E-state index is 0.00250. The third-order valence-corrected chi connectivity index (χ3v) is 2.42. The fourth-order valence-electron chi connectivity index (χ4n) is 1.38. The molecule has 1 fully saturated rings. The first kappa shape index (κ1) is 9.06. The van der Waals surface area contributed by atoms with E-state index in [1.165, 1.54) is 0 Å². The number of nitrogen functional groups attached to an aromatic ring is 1. The normalized spacial score (nSPS) is 15.2.